The maximum absolute atomic E-state index is 4.97. The minimum atomic E-state index is 1.09. The highest BCUT2D eigenvalue weighted by Crippen LogP contribution is 2.48. The van der Waals surface area contributed by atoms with Crippen LogP contribution in [0.1, 0.15) is 0 Å². The number of para-hydroxylation sites is 4. The van der Waals surface area contributed by atoms with Crippen molar-refractivity contribution < 1.29 is 0 Å². The average molecular weight is 623 g/mol. The predicted octanol–water partition coefficient (Wildman–Crippen LogP) is 11.6. The average Bonchev–Trinajstić information content (AvgIpc) is 3.89. The van der Waals surface area contributed by atoms with Gasteiger partial charge in [-0.3, -0.25) is 4.98 Å². The Morgan fingerprint density at radius 3 is 1.82 bits per heavy atom. The molecule has 0 bridgehead atoms. The van der Waals surface area contributed by atoms with Crippen molar-refractivity contribution in [3.8, 4) is 11.4 Å². The maximum Gasteiger partial charge on any atom is 0.0746 e. The number of benzene rings is 7. The number of hydrogen-bond acceptors (Lipinski definition) is 1. The lowest BCUT2D eigenvalue weighted by atomic mass is 10.0. The van der Waals surface area contributed by atoms with Crippen molar-refractivity contribution >= 4 is 92.5 Å². The second kappa shape index (κ2) is 9.03. The second-order valence-electron chi connectivity index (χ2n) is 13.2. The fourth-order valence-electron chi connectivity index (χ4n) is 8.93. The quantitative estimate of drug-likeness (QED) is 0.188. The first-order valence-corrected chi connectivity index (χ1v) is 16.8. The van der Waals surface area contributed by atoms with Crippen molar-refractivity contribution in [3.05, 3.63) is 158 Å². The summed E-state index contributed by atoms with van der Waals surface area (Å²) in [5.41, 5.74) is 10.7. The molecule has 7 aromatic carbocycles. The van der Waals surface area contributed by atoms with Gasteiger partial charge in [0.1, 0.15) is 0 Å². The molecule has 0 atom stereocenters. The third-order valence-electron chi connectivity index (χ3n) is 10.8. The lowest BCUT2D eigenvalue weighted by Crippen LogP contribution is -1.98. The van der Waals surface area contributed by atoms with Gasteiger partial charge in [-0.2, -0.15) is 0 Å². The number of hydrogen-bond donors (Lipinski definition) is 0. The van der Waals surface area contributed by atoms with Crippen LogP contribution in [0.3, 0.4) is 0 Å². The van der Waals surface area contributed by atoms with Gasteiger partial charge in [-0.15, -0.1) is 0 Å². The molecule has 0 amide bonds. The molecule has 49 heavy (non-hydrogen) atoms. The van der Waals surface area contributed by atoms with Crippen molar-refractivity contribution in [2.24, 2.45) is 0 Å². The first kappa shape index (κ1) is 25.4. The molecule has 0 spiro atoms. The molecule has 0 aliphatic carbocycles. The minimum absolute atomic E-state index is 1.09. The van der Waals surface area contributed by atoms with E-state index in [1.165, 1.54) is 87.0 Å². The first-order chi connectivity index (χ1) is 24.4. The Morgan fingerprint density at radius 1 is 0.367 bits per heavy atom. The number of pyridine rings is 1. The van der Waals surface area contributed by atoms with Crippen LogP contribution in [0.15, 0.2) is 158 Å². The largest absolute Gasteiger partial charge is 0.308 e. The monoisotopic (exact) mass is 622 g/mol. The summed E-state index contributed by atoms with van der Waals surface area (Å²) >= 11 is 0. The molecule has 0 saturated heterocycles. The van der Waals surface area contributed by atoms with E-state index in [1.807, 2.05) is 6.20 Å². The van der Waals surface area contributed by atoms with Crippen LogP contribution in [0.5, 0.6) is 0 Å². The predicted molar refractivity (Wildman–Crippen MR) is 205 cm³/mol. The lowest BCUT2D eigenvalue weighted by Gasteiger charge is -2.12. The van der Waals surface area contributed by atoms with Crippen LogP contribution in [0.2, 0.25) is 0 Å². The molecule has 0 unspecified atom stereocenters. The Bertz CT molecular complexity index is 3320. The van der Waals surface area contributed by atoms with E-state index in [9.17, 15) is 0 Å². The highest BCUT2D eigenvalue weighted by atomic mass is 15.0. The molecule has 4 heteroatoms. The van der Waals surface area contributed by atoms with E-state index in [0.29, 0.717) is 0 Å². The van der Waals surface area contributed by atoms with Gasteiger partial charge in [0.15, 0.2) is 0 Å². The van der Waals surface area contributed by atoms with Crippen molar-refractivity contribution in [2.45, 2.75) is 0 Å². The van der Waals surface area contributed by atoms with Crippen molar-refractivity contribution in [1.82, 2.24) is 18.5 Å². The van der Waals surface area contributed by atoms with Gasteiger partial charge in [0.25, 0.3) is 0 Å². The minimum Gasteiger partial charge on any atom is -0.308 e. The summed E-state index contributed by atoms with van der Waals surface area (Å²) in [6.45, 7) is 0. The van der Waals surface area contributed by atoms with Gasteiger partial charge in [-0.1, -0.05) is 109 Å². The second-order valence-corrected chi connectivity index (χ2v) is 13.2. The molecular weight excluding hydrogens is 597 g/mol. The van der Waals surface area contributed by atoms with E-state index < -0.39 is 0 Å². The van der Waals surface area contributed by atoms with E-state index in [0.717, 1.165) is 16.9 Å². The molecule has 5 heterocycles. The highest BCUT2D eigenvalue weighted by Gasteiger charge is 2.26. The van der Waals surface area contributed by atoms with Crippen LogP contribution in [0.25, 0.3) is 104 Å². The van der Waals surface area contributed by atoms with Crippen molar-refractivity contribution in [1.29, 1.82) is 0 Å². The molecule has 0 radical (unpaired) electrons. The van der Waals surface area contributed by atoms with E-state index >= 15 is 0 Å². The zero-order valence-corrected chi connectivity index (χ0v) is 26.3. The Morgan fingerprint density at radius 2 is 1.00 bits per heavy atom. The van der Waals surface area contributed by atoms with E-state index in [2.05, 4.69) is 165 Å². The summed E-state index contributed by atoms with van der Waals surface area (Å²) in [6.07, 6.45) is 4.09. The van der Waals surface area contributed by atoms with Crippen LogP contribution in [-0.2, 0) is 0 Å². The molecule has 12 aromatic rings. The van der Waals surface area contributed by atoms with Gasteiger partial charge in [0.05, 0.1) is 56.7 Å². The van der Waals surface area contributed by atoms with Gasteiger partial charge in [-0.05, 0) is 41.8 Å². The Kier molecular flexibility index (Phi) is 4.69. The maximum atomic E-state index is 4.97. The molecular formula is C45H26N4. The number of fused-ring (bicyclic) bond motifs is 15. The zero-order valence-electron chi connectivity index (χ0n) is 26.3. The lowest BCUT2D eigenvalue weighted by molar-refractivity contribution is 1.14. The summed E-state index contributed by atoms with van der Waals surface area (Å²) in [4.78, 5) is 4.97. The van der Waals surface area contributed by atoms with Gasteiger partial charge in [0.2, 0.25) is 0 Å². The zero-order chi connectivity index (χ0) is 31.8. The molecule has 0 saturated carbocycles. The Balaban J connectivity index is 1.36. The standard InChI is InChI=1S/C45H26N4/c1-2-13-28(14-3-1)47-38-21-11-8-18-32(38)41-39(47)25-46-26-40(41)48-36-19-9-6-16-30(36)34-24-35-31-17-7-10-20-37(31)49-43-29-15-5-4-12-27(29)22-23-33(43)42(44(34)48)45(35)49/h1-26H. The van der Waals surface area contributed by atoms with Gasteiger partial charge in [0, 0.05) is 54.2 Å². The Hall–Kier alpha value is -6.65. The van der Waals surface area contributed by atoms with E-state index in [-0.39, 0.29) is 0 Å². The summed E-state index contributed by atoms with van der Waals surface area (Å²) in [7, 11) is 0. The number of aromatic nitrogens is 4. The van der Waals surface area contributed by atoms with Crippen LogP contribution in [0, 0.1) is 0 Å². The molecule has 0 aliphatic rings. The van der Waals surface area contributed by atoms with Crippen LogP contribution in [0.4, 0.5) is 0 Å². The van der Waals surface area contributed by atoms with Crippen LogP contribution >= 0.6 is 0 Å². The molecule has 0 fully saturated rings. The normalized spacial score (nSPS) is 12.5. The number of rotatable bonds is 2. The molecule has 5 aromatic heterocycles. The summed E-state index contributed by atoms with van der Waals surface area (Å²) in [5.74, 6) is 0. The molecule has 4 nitrogen and oxygen atoms in total. The molecule has 12 rings (SSSR count). The summed E-state index contributed by atoms with van der Waals surface area (Å²) in [6, 6.07) is 53.0. The third-order valence-corrected chi connectivity index (χ3v) is 10.8. The van der Waals surface area contributed by atoms with Gasteiger partial charge >= 0.3 is 0 Å². The van der Waals surface area contributed by atoms with E-state index in [4.69, 9.17) is 4.98 Å². The first-order valence-electron chi connectivity index (χ1n) is 16.8. The van der Waals surface area contributed by atoms with Crippen LogP contribution in [-0.4, -0.2) is 18.5 Å². The number of nitrogens with zero attached hydrogens (tertiary/aromatic N) is 4. The highest BCUT2D eigenvalue weighted by molar-refractivity contribution is 6.36. The molecule has 0 N–H and O–H groups in total. The third kappa shape index (κ3) is 3.07. The van der Waals surface area contributed by atoms with Crippen molar-refractivity contribution in [3.63, 3.8) is 0 Å². The van der Waals surface area contributed by atoms with Crippen molar-refractivity contribution in [2.75, 3.05) is 0 Å². The van der Waals surface area contributed by atoms with Gasteiger partial charge < -0.3 is 13.5 Å². The Labute approximate surface area is 279 Å². The molecule has 0 aliphatic heterocycles. The summed E-state index contributed by atoms with van der Waals surface area (Å²) < 4.78 is 7.38. The van der Waals surface area contributed by atoms with Gasteiger partial charge in [-0.25, -0.2) is 0 Å². The topological polar surface area (TPSA) is 27.2 Å². The fourth-order valence-corrected chi connectivity index (χ4v) is 8.93. The smallest absolute Gasteiger partial charge is 0.0746 e. The SMILES string of the molecule is c1ccc(-n2c3ccccc3c3c(-n4c5ccccc5c5cc6c7ccccc7n7c8c9ccccc9ccc8c(c54)c67)cncc32)cc1. The fraction of sp³-hybridized carbons (Fsp3) is 0. The molecule has 226 valence electrons. The van der Waals surface area contributed by atoms with Crippen LogP contribution < -0.4 is 0 Å². The summed E-state index contributed by atoms with van der Waals surface area (Å²) in [5, 5.41) is 12.5. The van der Waals surface area contributed by atoms with E-state index in [1.54, 1.807) is 0 Å².